The number of hydrogen-bond acceptors (Lipinski definition) is 6. The van der Waals surface area contributed by atoms with E-state index in [9.17, 15) is 14.7 Å². The normalized spacial score (nSPS) is 10.4. The van der Waals surface area contributed by atoms with E-state index in [0.717, 1.165) is 5.56 Å². The number of amides is 2. The summed E-state index contributed by atoms with van der Waals surface area (Å²) in [5.41, 5.74) is 1.54. The number of benzene rings is 3. The van der Waals surface area contributed by atoms with E-state index in [4.69, 9.17) is 4.42 Å². The standard InChI is InChI=1S/C22H16N4O4/c27-18-12-5-4-11-17(18)20(29)23-16-10-6-9-15(13-16)19(28)24-22-26-25-21(30-22)14-7-2-1-3-8-14/h1-13,27H,(H,23,29)(H,24,26,28). The summed E-state index contributed by atoms with van der Waals surface area (Å²) in [4.78, 5) is 24.9. The number of carbonyl (C=O) groups excluding carboxylic acids is 2. The Morgan fingerprint density at radius 1 is 0.800 bits per heavy atom. The summed E-state index contributed by atoms with van der Waals surface area (Å²) in [5.74, 6) is -0.809. The van der Waals surface area contributed by atoms with E-state index >= 15 is 0 Å². The van der Waals surface area contributed by atoms with Crippen molar-refractivity contribution in [3.8, 4) is 17.2 Å². The molecule has 0 radical (unpaired) electrons. The molecule has 1 aromatic heterocycles. The molecule has 148 valence electrons. The minimum absolute atomic E-state index is 0.0394. The molecule has 0 fully saturated rings. The summed E-state index contributed by atoms with van der Waals surface area (Å²) >= 11 is 0. The van der Waals surface area contributed by atoms with Gasteiger partial charge in [0.2, 0.25) is 5.89 Å². The van der Waals surface area contributed by atoms with Crippen molar-refractivity contribution < 1.29 is 19.1 Å². The number of para-hydroxylation sites is 1. The summed E-state index contributed by atoms with van der Waals surface area (Å²) in [7, 11) is 0. The van der Waals surface area contributed by atoms with Crippen LogP contribution < -0.4 is 10.6 Å². The number of aromatic nitrogens is 2. The molecule has 0 saturated carbocycles. The topological polar surface area (TPSA) is 117 Å². The first-order valence-electron chi connectivity index (χ1n) is 9.00. The average Bonchev–Trinajstić information content (AvgIpc) is 3.23. The van der Waals surface area contributed by atoms with Gasteiger partial charge in [-0.15, -0.1) is 5.10 Å². The first-order valence-corrected chi connectivity index (χ1v) is 9.00. The first-order chi connectivity index (χ1) is 14.6. The van der Waals surface area contributed by atoms with Crippen LogP contribution in [0.15, 0.2) is 83.3 Å². The van der Waals surface area contributed by atoms with Crippen molar-refractivity contribution in [3.05, 3.63) is 90.0 Å². The lowest BCUT2D eigenvalue weighted by molar-refractivity contribution is 0.101. The van der Waals surface area contributed by atoms with E-state index in [1.165, 1.54) is 18.2 Å². The molecule has 1 heterocycles. The maximum absolute atomic E-state index is 12.5. The maximum Gasteiger partial charge on any atom is 0.322 e. The van der Waals surface area contributed by atoms with Gasteiger partial charge in [0.25, 0.3) is 11.8 Å². The monoisotopic (exact) mass is 400 g/mol. The molecule has 0 bridgehead atoms. The Bertz CT molecular complexity index is 1200. The highest BCUT2D eigenvalue weighted by Gasteiger charge is 2.15. The van der Waals surface area contributed by atoms with Crippen LogP contribution >= 0.6 is 0 Å². The number of phenols is 1. The molecular formula is C22H16N4O4. The average molecular weight is 400 g/mol. The van der Waals surface area contributed by atoms with Gasteiger partial charge in [0, 0.05) is 16.8 Å². The molecule has 0 unspecified atom stereocenters. The van der Waals surface area contributed by atoms with Gasteiger partial charge in [-0.3, -0.25) is 14.9 Å². The van der Waals surface area contributed by atoms with Crippen molar-refractivity contribution in [2.45, 2.75) is 0 Å². The van der Waals surface area contributed by atoms with Crippen LogP contribution in [-0.2, 0) is 0 Å². The van der Waals surface area contributed by atoms with Crippen LogP contribution in [0.2, 0.25) is 0 Å². The quantitative estimate of drug-likeness (QED) is 0.467. The first kappa shape index (κ1) is 18.9. The van der Waals surface area contributed by atoms with E-state index in [1.807, 2.05) is 30.3 Å². The number of nitrogens with zero attached hydrogens (tertiary/aromatic N) is 2. The number of carbonyl (C=O) groups is 2. The molecule has 0 spiro atoms. The van der Waals surface area contributed by atoms with Crippen molar-refractivity contribution >= 4 is 23.5 Å². The van der Waals surface area contributed by atoms with Gasteiger partial charge in [0.05, 0.1) is 5.56 Å². The largest absolute Gasteiger partial charge is 0.507 e. The van der Waals surface area contributed by atoms with Gasteiger partial charge in [-0.25, -0.2) is 0 Å². The Balaban J connectivity index is 1.46. The second kappa shape index (κ2) is 8.27. The second-order valence-electron chi connectivity index (χ2n) is 6.28. The zero-order valence-corrected chi connectivity index (χ0v) is 15.6. The Kier molecular flexibility index (Phi) is 5.21. The van der Waals surface area contributed by atoms with Crippen LogP contribution in [0.3, 0.4) is 0 Å². The lowest BCUT2D eigenvalue weighted by Gasteiger charge is -2.08. The SMILES string of the molecule is O=C(Nc1nnc(-c2ccccc2)o1)c1cccc(NC(=O)c2ccccc2O)c1. The molecule has 4 rings (SSSR count). The van der Waals surface area contributed by atoms with E-state index < -0.39 is 11.8 Å². The number of anilines is 2. The van der Waals surface area contributed by atoms with E-state index in [1.54, 1.807) is 30.3 Å². The molecule has 30 heavy (non-hydrogen) atoms. The molecule has 0 atom stereocenters. The number of rotatable bonds is 5. The highest BCUT2D eigenvalue weighted by molar-refractivity contribution is 6.08. The van der Waals surface area contributed by atoms with E-state index in [-0.39, 0.29) is 28.8 Å². The molecule has 3 aromatic carbocycles. The number of phenolic OH excluding ortho intramolecular Hbond substituents is 1. The molecule has 0 aliphatic rings. The summed E-state index contributed by atoms with van der Waals surface area (Å²) in [6, 6.07) is 21.7. The predicted molar refractivity (Wildman–Crippen MR) is 110 cm³/mol. The van der Waals surface area contributed by atoms with E-state index in [2.05, 4.69) is 20.8 Å². The highest BCUT2D eigenvalue weighted by Crippen LogP contribution is 2.21. The van der Waals surface area contributed by atoms with Gasteiger partial charge < -0.3 is 14.8 Å². The third-order valence-corrected chi connectivity index (χ3v) is 4.20. The minimum atomic E-state index is -0.491. The Morgan fingerprint density at radius 3 is 2.37 bits per heavy atom. The number of hydrogen-bond donors (Lipinski definition) is 3. The van der Waals surface area contributed by atoms with Gasteiger partial charge >= 0.3 is 6.01 Å². The molecule has 0 aliphatic heterocycles. The van der Waals surface area contributed by atoms with Crippen molar-refractivity contribution in [2.75, 3.05) is 10.6 Å². The van der Waals surface area contributed by atoms with E-state index in [0.29, 0.717) is 5.69 Å². The zero-order valence-electron chi connectivity index (χ0n) is 15.6. The lowest BCUT2D eigenvalue weighted by atomic mass is 10.1. The van der Waals surface area contributed by atoms with Crippen LogP contribution in [0.25, 0.3) is 11.5 Å². The summed E-state index contributed by atoms with van der Waals surface area (Å²) < 4.78 is 5.48. The maximum atomic E-state index is 12.5. The second-order valence-corrected chi connectivity index (χ2v) is 6.28. The van der Waals surface area contributed by atoms with Crippen molar-refractivity contribution in [2.24, 2.45) is 0 Å². The Labute approximate surface area is 171 Å². The molecule has 4 aromatic rings. The van der Waals surface area contributed by atoms with Crippen LogP contribution in [0.4, 0.5) is 11.7 Å². The summed E-state index contributed by atoms with van der Waals surface area (Å²) in [6.07, 6.45) is 0. The zero-order chi connectivity index (χ0) is 20.9. The summed E-state index contributed by atoms with van der Waals surface area (Å²) in [6.45, 7) is 0. The number of aromatic hydroxyl groups is 1. The molecular weight excluding hydrogens is 384 g/mol. The third kappa shape index (κ3) is 4.17. The van der Waals surface area contributed by atoms with Gasteiger partial charge in [-0.1, -0.05) is 41.5 Å². The fourth-order valence-corrected chi connectivity index (χ4v) is 2.74. The molecule has 0 aliphatic carbocycles. The number of nitrogens with one attached hydrogen (secondary N) is 2. The van der Waals surface area contributed by atoms with Crippen molar-refractivity contribution in [1.82, 2.24) is 10.2 Å². The fourth-order valence-electron chi connectivity index (χ4n) is 2.74. The van der Waals surface area contributed by atoms with Crippen LogP contribution in [-0.4, -0.2) is 27.1 Å². The molecule has 8 nitrogen and oxygen atoms in total. The van der Waals surface area contributed by atoms with Gasteiger partial charge in [-0.05, 0) is 42.5 Å². The molecule has 3 N–H and O–H groups in total. The Morgan fingerprint density at radius 2 is 1.57 bits per heavy atom. The third-order valence-electron chi connectivity index (χ3n) is 4.20. The van der Waals surface area contributed by atoms with Gasteiger partial charge in [0.1, 0.15) is 5.75 Å². The van der Waals surface area contributed by atoms with Crippen LogP contribution in [0.1, 0.15) is 20.7 Å². The highest BCUT2D eigenvalue weighted by atomic mass is 16.4. The lowest BCUT2D eigenvalue weighted by Crippen LogP contribution is -2.15. The van der Waals surface area contributed by atoms with Crippen molar-refractivity contribution in [3.63, 3.8) is 0 Å². The summed E-state index contributed by atoms with van der Waals surface area (Å²) in [5, 5.41) is 22.7. The predicted octanol–water partition coefficient (Wildman–Crippen LogP) is 3.95. The molecule has 2 amide bonds. The molecule has 0 saturated heterocycles. The van der Waals surface area contributed by atoms with Crippen LogP contribution in [0, 0.1) is 0 Å². The van der Waals surface area contributed by atoms with Crippen LogP contribution in [0.5, 0.6) is 5.75 Å². The fraction of sp³-hybridized carbons (Fsp3) is 0. The Hall–Kier alpha value is -4.46. The molecule has 8 heteroatoms. The minimum Gasteiger partial charge on any atom is -0.507 e. The van der Waals surface area contributed by atoms with Gasteiger partial charge in [0.15, 0.2) is 0 Å². The van der Waals surface area contributed by atoms with Gasteiger partial charge in [-0.2, -0.15) is 0 Å². The smallest absolute Gasteiger partial charge is 0.322 e. The van der Waals surface area contributed by atoms with Crippen molar-refractivity contribution in [1.29, 1.82) is 0 Å².